The van der Waals surface area contributed by atoms with Crippen LogP contribution in [0.1, 0.15) is 41.5 Å². The van der Waals surface area contributed by atoms with Crippen molar-refractivity contribution >= 4 is 0 Å². The molecule has 18 heavy (non-hydrogen) atoms. The largest absolute Gasteiger partial charge is 0.383 e. The maximum absolute atomic E-state index is 4.20. The molecular weight excluding hydrogens is 218 g/mol. The molecular formula is C17H27N. The second kappa shape index (κ2) is 6.08. The van der Waals surface area contributed by atoms with Crippen molar-refractivity contribution in [2.45, 2.75) is 47.6 Å². The predicted molar refractivity (Wildman–Crippen MR) is 81.3 cm³/mol. The lowest BCUT2D eigenvalue weighted by molar-refractivity contribution is 0.659. The Morgan fingerprint density at radius 2 is 1.89 bits per heavy atom. The van der Waals surface area contributed by atoms with E-state index in [9.17, 15) is 0 Å². The molecule has 0 saturated carbocycles. The Morgan fingerprint density at radius 3 is 2.39 bits per heavy atom. The van der Waals surface area contributed by atoms with Gasteiger partial charge in [-0.1, -0.05) is 45.6 Å². The topological polar surface area (TPSA) is 12.0 Å². The first-order chi connectivity index (χ1) is 8.32. The Balaban J connectivity index is 3.11. The highest BCUT2D eigenvalue weighted by atomic mass is 14.9. The van der Waals surface area contributed by atoms with Gasteiger partial charge in [0.15, 0.2) is 0 Å². The van der Waals surface area contributed by atoms with Crippen LogP contribution < -0.4 is 5.32 Å². The molecule has 1 atom stereocenters. The van der Waals surface area contributed by atoms with Crippen LogP contribution in [0.15, 0.2) is 47.2 Å². The molecule has 1 aliphatic carbocycles. The average molecular weight is 245 g/mol. The van der Waals surface area contributed by atoms with Gasteiger partial charge in [0.2, 0.25) is 0 Å². The molecule has 0 aromatic heterocycles. The fourth-order valence-corrected chi connectivity index (χ4v) is 2.38. The van der Waals surface area contributed by atoms with E-state index in [1.807, 2.05) is 0 Å². The molecule has 0 amide bonds. The first-order valence-corrected chi connectivity index (χ1v) is 6.89. The van der Waals surface area contributed by atoms with Crippen LogP contribution in [0.2, 0.25) is 0 Å². The van der Waals surface area contributed by atoms with E-state index in [1.54, 1.807) is 0 Å². The SMILES string of the molecule is C=C(NC(C)C)C1=C(C)C=C(C(C)C)C=CC1C. The minimum Gasteiger partial charge on any atom is -0.383 e. The molecule has 1 rings (SSSR count). The van der Waals surface area contributed by atoms with Crippen molar-refractivity contribution in [1.82, 2.24) is 5.32 Å². The van der Waals surface area contributed by atoms with Gasteiger partial charge in [-0.3, -0.25) is 0 Å². The molecule has 1 unspecified atom stereocenters. The molecule has 0 aliphatic heterocycles. The van der Waals surface area contributed by atoms with Crippen molar-refractivity contribution in [2.24, 2.45) is 11.8 Å². The summed E-state index contributed by atoms with van der Waals surface area (Å²) in [6.45, 7) is 17.4. The fourth-order valence-electron chi connectivity index (χ4n) is 2.38. The molecule has 0 aromatic rings. The number of rotatable bonds is 4. The number of hydrogen-bond donors (Lipinski definition) is 1. The van der Waals surface area contributed by atoms with Crippen molar-refractivity contribution in [2.75, 3.05) is 0 Å². The summed E-state index contributed by atoms with van der Waals surface area (Å²) in [6, 6.07) is 0.422. The van der Waals surface area contributed by atoms with Crippen LogP contribution in [-0.4, -0.2) is 6.04 Å². The molecule has 0 fully saturated rings. The molecule has 1 aliphatic rings. The van der Waals surface area contributed by atoms with Crippen molar-refractivity contribution < 1.29 is 0 Å². The molecule has 0 saturated heterocycles. The summed E-state index contributed by atoms with van der Waals surface area (Å²) in [5.74, 6) is 0.977. The zero-order valence-electron chi connectivity index (χ0n) is 12.7. The molecule has 0 heterocycles. The Labute approximate surface area is 112 Å². The lowest BCUT2D eigenvalue weighted by atomic mass is 9.94. The quantitative estimate of drug-likeness (QED) is 0.763. The molecule has 1 nitrogen and oxygen atoms in total. The van der Waals surface area contributed by atoms with Gasteiger partial charge in [-0.2, -0.15) is 0 Å². The zero-order valence-corrected chi connectivity index (χ0v) is 12.7. The molecule has 0 bridgehead atoms. The van der Waals surface area contributed by atoms with E-state index in [2.05, 4.69) is 71.7 Å². The molecule has 0 radical (unpaired) electrons. The third-order valence-electron chi connectivity index (χ3n) is 3.30. The minimum absolute atomic E-state index is 0.413. The Bertz CT molecular complexity index is 405. The summed E-state index contributed by atoms with van der Waals surface area (Å²) in [5, 5.41) is 3.43. The number of allylic oxidation sites excluding steroid dienone is 6. The fraction of sp³-hybridized carbons (Fsp3) is 0.529. The monoisotopic (exact) mass is 245 g/mol. The first kappa shape index (κ1) is 14.8. The van der Waals surface area contributed by atoms with E-state index in [-0.39, 0.29) is 0 Å². The maximum Gasteiger partial charge on any atom is 0.0310 e. The standard InChI is InChI=1S/C17H27N/c1-11(2)16-9-8-13(5)17(14(6)10-16)15(7)18-12(3)4/h8-13,18H,7H2,1-6H3. The van der Waals surface area contributed by atoms with Gasteiger partial charge in [0.25, 0.3) is 0 Å². The van der Waals surface area contributed by atoms with Gasteiger partial charge in [-0.25, -0.2) is 0 Å². The van der Waals surface area contributed by atoms with Crippen LogP contribution in [0.25, 0.3) is 0 Å². The van der Waals surface area contributed by atoms with Crippen LogP contribution >= 0.6 is 0 Å². The average Bonchev–Trinajstić information content (AvgIpc) is 2.36. The lowest BCUT2D eigenvalue weighted by Gasteiger charge is -2.20. The van der Waals surface area contributed by atoms with E-state index in [1.165, 1.54) is 16.7 Å². The van der Waals surface area contributed by atoms with Crippen LogP contribution in [0.5, 0.6) is 0 Å². The van der Waals surface area contributed by atoms with Crippen molar-refractivity contribution in [1.29, 1.82) is 0 Å². The summed E-state index contributed by atoms with van der Waals surface area (Å²) >= 11 is 0. The van der Waals surface area contributed by atoms with Crippen molar-refractivity contribution in [3.63, 3.8) is 0 Å². The van der Waals surface area contributed by atoms with E-state index in [0.29, 0.717) is 17.9 Å². The highest BCUT2D eigenvalue weighted by molar-refractivity contribution is 5.46. The van der Waals surface area contributed by atoms with Gasteiger partial charge >= 0.3 is 0 Å². The Kier molecular flexibility index (Phi) is 5.01. The van der Waals surface area contributed by atoms with Gasteiger partial charge in [0.05, 0.1) is 0 Å². The minimum atomic E-state index is 0.413. The Hall–Kier alpha value is -1.24. The van der Waals surface area contributed by atoms with E-state index in [0.717, 1.165) is 5.70 Å². The molecule has 1 N–H and O–H groups in total. The normalized spacial score (nSPS) is 20.2. The highest BCUT2D eigenvalue weighted by Crippen LogP contribution is 2.29. The highest BCUT2D eigenvalue weighted by Gasteiger charge is 2.16. The van der Waals surface area contributed by atoms with Crippen LogP contribution in [0.3, 0.4) is 0 Å². The van der Waals surface area contributed by atoms with E-state index in [4.69, 9.17) is 0 Å². The summed E-state index contributed by atoms with van der Waals surface area (Å²) in [7, 11) is 0. The van der Waals surface area contributed by atoms with Crippen LogP contribution in [-0.2, 0) is 0 Å². The van der Waals surface area contributed by atoms with Gasteiger partial charge in [-0.15, -0.1) is 0 Å². The maximum atomic E-state index is 4.20. The van der Waals surface area contributed by atoms with Gasteiger partial charge < -0.3 is 5.32 Å². The summed E-state index contributed by atoms with van der Waals surface area (Å²) in [4.78, 5) is 0. The molecule has 0 aromatic carbocycles. The summed E-state index contributed by atoms with van der Waals surface area (Å²) in [6.07, 6.45) is 6.84. The third-order valence-corrected chi connectivity index (χ3v) is 3.30. The number of nitrogens with one attached hydrogen (secondary N) is 1. The molecule has 1 heteroatoms. The van der Waals surface area contributed by atoms with Gasteiger partial charge in [-0.05, 0) is 43.4 Å². The first-order valence-electron chi connectivity index (χ1n) is 6.89. The third kappa shape index (κ3) is 3.63. The van der Waals surface area contributed by atoms with Gasteiger partial charge in [0, 0.05) is 17.7 Å². The predicted octanol–water partition coefficient (Wildman–Crippen LogP) is 4.60. The summed E-state index contributed by atoms with van der Waals surface area (Å²) < 4.78 is 0. The van der Waals surface area contributed by atoms with Crippen LogP contribution in [0, 0.1) is 11.8 Å². The second-order valence-electron chi connectivity index (χ2n) is 5.82. The second-order valence-corrected chi connectivity index (χ2v) is 5.82. The van der Waals surface area contributed by atoms with E-state index >= 15 is 0 Å². The number of hydrogen-bond acceptors (Lipinski definition) is 1. The lowest BCUT2D eigenvalue weighted by Crippen LogP contribution is -2.24. The van der Waals surface area contributed by atoms with E-state index < -0.39 is 0 Å². The van der Waals surface area contributed by atoms with Crippen molar-refractivity contribution in [3.8, 4) is 0 Å². The van der Waals surface area contributed by atoms with Crippen LogP contribution in [0.4, 0.5) is 0 Å². The van der Waals surface area contributed by atoms with Gasteiger partial charge in [0.1, 0.15) is 0 Å². The Morgan fingerprint density at radius 1 is 1.28 bits per heavy atom. The summed E-state index contributed by atoms with van der Waals surface area (Å²) in [5.41, 5.74) is 5.11. The smallest absolute Gasteiger partial charge is 0.0310 e. The molecule has 0 spiro atoms. The molecule has 100 valence electrons. The van der Waals surface area contributed by atoms with Crippen molar-refractivity contribution in [3.05, 3.63) is 47.2 Å². The zero-order chi connectivity index (χ0) is 13.9.